The van der Waals surface area contributed by atoms with Crippen LogP contribution >= 0.6 is 22.9 Å². The summed E-state index contributed by atoms with van der Waals surface area (Å²) in [6.07, 6.45) is 4.55. The molecule has 1 aliphatic rings. The molecule has 2 aromatic rings. The van der Waals surface area contributed by atoms with Gasteiger partial charge in [-0.2, -0.15) is 0 Å². The lowest BCUT2D eigenvalue weighted by molar-refractivity contribution is 0.413. The Kier molecular flexibility index (Phi) is 4.63. The minimum atomic E-state index is -0.348. The standard InChI is InChI=1S/C17H19ClFNS/c1-20-16(10-11-5-6-15(19)14(18)9-11)12-3-2-4-17-13(12)7-8-21-17/h5-9,12,16,20H,2-4,10H2,1H3. The van der Waals surface area contributed by atoms with Crippen molar-refractivity contribution in [3.05, 3.63) is 56.5 Å². The molecule has 112 valence electrons. The fourth-order valence-electron chi connectivity index (χ4n) is 3.31. The molecule has 0 radical (unpaired) electrons. The van der Waals surface area contributed by atoms with Gasteiger partial charge in [0.05, 0.1) is 5.02 Å². The molecule has 3 rings (SSSR count). The van der Waals surface area contributed by atoms with E-state index in [0.29, 0.717) is 12.0 Å². The van der Waals surface area contributed by atoms with Gasteiger partial charge in [-0.25, -0.2) is 4.39 Å². The Balaban J connectivity index is 1.81. The molecule has 1 nitrogen and oxygen atoms in total. The lowest BCUT2D eigenvalue weighted by Crippen LogP contribution is -2.35. The minimum absolute atomic E-state index is 0.210. The first kappa shape index (κ1) is 15.0. The first-order chi connectivity index (χ1) is 10.2. The lowest BCUT2D eigenvalue weighted by atomic mass is 9.80. The fourth-order valence-corrected chi connectivity index (χ4v) is 4.51. The van der Waals surface area contributed by atoms with Gasteiger partial charge < -0.3 is 5.32 Å². The molecule has 0 spiro atoms. The topological polar surface area (TPSA) is 12.0 Å². The van der Waals surface area contributed by atoms with Crippen molar-refractivity contribution in [2.75, 3.05) is 7.05 Å². The van der Waals surface area contributed by atoms with Crippen LogP contribution in [-0.4, -0.2) is 13.1 Å². The molecule has 0 amide bonds. The second kappa shape index (κ2) is 6.47. The maximum atomic E-state index is 13.3. The molecule has 1 N–H and O–H groups in total. The van der Waals surface area contributed by atoms with Crippen molar-refractivity contribution in [2.24, 2.45) is 0 Å². The van der Waals surface area contributed by atoms with E-state index in [9.17, 15) is 4.39 Å². The average Bonchev–Trinajstić information content (AvgIpc) is 2.97. The molecule has 0 aliphatic heterocycles. The van der Waals surface area contributed by atoms with Gasteiger partial charge in [-0.05, 0) is 67.4 Å². The van der Waals surface area contributed by atoms with E-state index in [2.05, 4.69) is 16.8 Å². The fraction of sp³-hybridized carbons (Fsp3) is 0.412. The Bertz CT molecular complexity index is 625. The third-order valence-electron chi connectivity index (χ3n) is 4.39. The molecule has 4 heteroatoms. The molecule has 21 heavy (non-hydrogen) atoms. The zero-order valence-corrected chi connectivity index (χ0v) is 13.6. The number of fused-ring (bicyclic) bond motifs is 1. The van der Waals surface area contributed by atoms with Crippen LogP contribution in [0.1, 0.15) is 34.8 Å². The van der Waals surface area contributed by atoms with Gasteiger partial charge >= 0.3 is 0 Å². The van der Waals surface area contributed by atoms with E-state index >= 15 is 0 Å². The molecule has 0 saturated heterocycles. The van der Waals surface area contributed by atoms with Gasteiger partial charge in [0.2, 0.25) is 0 Å². The van der Waals surface area contributed by atoms with Crippen molar-refractivity contribution in [2.45, 2.75) is 37.6 Å². The highest BCUT2D eigenvalue weighted by Crippen LogP contribution is 2.37. The quantitative estimate of drug-likeness (QED) is 0.853. The van der Waals surface area contributed by atoms with Crippen LogP contribution in [0.3, 0.4) is 0 Å². The zero-order valence-electron chi connectivity index (χ0n) is 12.0. The van der Waals surface area contributed by atoms with E-state index < -0.39 is 0 Å². The van der Waals surface area contributed by atoms with Crippen LogP contribution in [-0.2, 0) is 12.8 Å². The van der Waals surface area contributed by atoms with Crippen molar-refractivity contribution in [1.29, 1.82) is 0 Å². The Morgan fingerprint density at radius 3 is 3.05 bits per heavy atom. The number of thiophene rings is 1. The van der Waals surface area contributed by atoms with Crippen LogP contribution in [0.2, 0.25) is 5.02 Å². The second-order valence-electron chi connectivity index (χ2n) is 5.65. The molecular weight excluding hydrogens is 305 g/mol. The molecule has 2 atom stereocenters. The number of halogens is 2. The third kappa shape index (κ3) is 3.15. The monoisotopic (exact) mass is 323 g/mol. The summed E-state index contributed by atoms with van der Waals surface area (Å²) in [6.45, 7) is 0. The van der Waals surface area contributed by atoms with E-state index in [1.54, 1.807) is 6.07 Å². The third-order valence-corrected chi connectivity index (χ3v) is 5.68. The van der Waals surface area contributed by atoms with Crippen LogP contribution < -0.4 is 5.32 Å². The van der Waals surface area contributed by atoms with Gasteiger partial charge in [0.25, 0.3) is 0 Å². The summed E-state index contributed by atoms with van der Waals surface area (Å²) in [7, 11) is 2.01. The van der Waals surface area contributed by atoms with E-state index in [4.69, 9.17) is 11.6 Å². The predicted octanol–water partition coefficient (Wildman–Crippen LogP) is 4.79. The van der Waals surface area contributed by atoms with Gasteiger partial charge in [-0.3, -0.25) is 0 Å². The van der Waals surface area contributed by atoms with Gasteiger partial charge in [0, 0.05) is 16.8 Å². The average molecular weight is 324 g/mol. The highest BCUT2D eigenvalue weighted by Gasteiger charge is 2.28. The van der Waals surface area contributed by atoms with Crippen LogP contribution in [0.4, 0.5) is 4.39 Å². The van der Waals surface area contributed by atoms with E-state index in [1.165, 1.54) is 35.8 Å². The maximum Gasteiger partial charge on any atom is 0.141 e. The highest BCUT2D eigenvalue weighted by atomic mass is 35.5. The highest BCUT2D eigenvalue weighted by molar-refractivity contribution is 7.10. The largest absolute Gasteiger partial charge is 0.316 e. The Hall–Kier alpha value is -0.900. The normalized spacial score (nSPS) is 19.3. The predicted molar refractivity (Wildman–Crippen MR) is 88.0 cm³/mol. The van der Waals surface area contributed by atoms with E-state index in [0.717, 1.165) is 12.0 Å². The molecular formula is C17H19ClFNS. The smallest absolute Gasteiger partial charge is 0.141 e. The number of rotatable bonds is 4. The Morgan fingerprint density at radius 2 is 2.29 bits per heavy atom. The van der Waals surface area contributed by atoms with Crippen molar-refractivity contribution in [3.8, 4) is 0 Å². The SMILES string of the molecule is CNC(Cc1ccc(F)c(Cl)c1)C1CCCc2sccc21. The first-order valence-corrected chi connectivity index (χ1v) is 8.62. The van der Waals surface area contributed by atoms with Gasteiger partial charge in [0.15, 0.2) is 0 Å². The summed E-state index contributed by atoms with van der Waals surface area (Å²) in [4.78, 5) is 1.53. The lowest BCUT2D eigenvalue weighted by Gasteiger charge is -2.30. The summed E-state index contributed by atoms with van der Waals surface area (Å²) in [6, 6.07) is 7.68. The number of nitrogens with one attached hydrogen (secondary N) is 1. The Morgan fingerprint density at radius 1 is 1.43 bits per heavy atom. The molecule has 2 unspecified atom stereocenters. The van der Waals surface area contributed by atoms with Crippen molar-refractivity contribution >= 4 is 22.9 Å². The molecule has 0 bridgehead atoms. The number of aryl methyl sites for hydroxylation is 1. The summed E-state index contributed by atoms with van der Waals surface area (Å²) in [5.74, 6) is 0.188. The van der Waals surface area contributed by atoms with E-state index in [-0.39, 0.29) is 10.8 Å². The molecule has 0 saturated carbocycles. The second-order valence-corrected chi connectivity index (χ2v) is 7.05. The van der Waals surface area contributed by atoms with Crippen LogP contribution in [0.25, 0.3) is 0 Å². The van der Waals surface area contributed by atoms with Crippen molar-refractivity contribution < 1.29 is 4.39 Å². The zero-order chi connectivity index (χ0) is 14.8. The molecule has 0 fully saturated rings. The van der Waals surface area contributed by atoms with E-state index in [1.807, 2.05) is 24.5 Å². The summed E-state index contributed by atoms with van der Waals surface area (Å²) < 4.78 is 13.3. The van der Waals surface area contributed by atoms with Crippen molar-refractivity contribution in [1.82, 2.24) is 5.32 Å². The van der Waals surface area contributed by atoms with Crippen LogP contribution in [0.15, 0.2) is 29.6 Å². The molecule has 1 aromatic heterocycles. The van der Waals surface area contributed by atoms with Gasteiger partial charge in [-0.15, -0.1) is 11.3 Å². The summed E-state index contributed by atoms with van der Waals surface area (Å²) in [5, 5.41) is 5.86. The minimum Gasteiger partial charge on any atom is -0.316 e. The first-order valence-electron chi connectivity index (χ1n) is 7.36. The summed E-state index contributed by atoms with van der Waals surface area (Å²) >= 11 is 7.77. The van der Waals surface area contributed by atoms with Crippen molar-refractivity contribution in [3.63, 3.8) is 0 Å². The van der Waals surface area contributed by atoms with Gasteiger partial charge in [0.1, 0.15) is 5.82 Å². The summed E-state index contributed by atoms with van der Waals surface area (Å²) in [5.41, 5.74) is 2.59. The van der Waals surface area contributed by atoms with Crippen LogP contribution in [0, 0.1) is 5.82 Å². The molecule has 1 aromatic carbocycles. The maximum absolute atomic E-state index is 13.3. The number of benzene rings is 1. The van der Waals surface area contributed by atoms with Gasteiger partial charge in [-0.1, -0.05) is 17.7 Å². The molecule has 1 heterocycles. The molecule has 1 aliphatic carbocycles. The number of hydrogen-bond acceptors (Lipinski definition) is 2. The van der Waals surface area contributed by atoms with Crippen LogP contribution in [0.5, 0.6) is 0 Å². The Labute approximate surface area is 134 Å². The number of hydrogen-bond donors (Lipinski definition) is 1. The number of likely N-dealkylation sites (N-methyl/N-ethyl adjacent to an activating group) is 1.